The number of aliphatic carboxylic acids is 1. The smallest absolute Gasteiger partial charge is 0.323 e. The van der Waals surface area contributed by atoms with Crippen molar-refractivity contribution < 1.29 is 19.5 Å². The highest BCUT2D eigenvalue weighted by molar-refractivity contribution is 6.30. The highest BCUT2D eigenvalue weighted by atomic mass is 35.5. The lowest BCUT2D eigenvalue weighted by Crippen LogP contribution is -2.56. The van der Waals surface area contributed by atoms with Crippen molar-refractivity contribution >= 4 is 46.1 Å². The molecule has 3 heterocycles. The summed E-state index contributed by atoms with van der Waals surface area (Å²) >= 11 is 5.92. The van der Waals surface area contributed by atoms with Gasteiger partial charge in [-0.2, -0.15) is 0 Å². The molecule has 11 heteroatoms. The van der Waals surface area contributed by atoms with Crippen molar-refractivity contribution in [2.75, 3.05) is 31.6 Å². The van der Waals surface area contributed by atoms with Crippen LogP contribution in [-0.2, 0) is 22.7 Å². The summed E-state index contributed by atoms with van der Waals surface area (Å²) in [6, 6.07) is 9.93. The number of carboxylic acid groups (broad SMARTS) is 1. The van der Waals surface area contributed by atoms with Crippen LogP contribution >= 0.6 is 11.6 Å². The molecule has 3 aromatic rings. The lowest BCUT2D eigenvalue weighted by molar-refractivity contribution is -0.142. The number of pyridine rings is 2. The summed E-state index contributed by atoms with van der Waals surface area (Å²) in [4.78, 5) is 58.5. The van der Waals surface area contributed by atoms with E-state index in [2.05, 4.69) is 24.1 Å². The minimum absolute atomic E-state index is 0.0110. The van der Waals surface area contributed by atoms with Gasteiger partial charge in [-0.1, -0.05) is 37.6 Å². The Morgan fingerprint density at radius 2 is 1.84 bits per heavy atom. The fourth-order valence-corrected chi connectivity index (χ4v) is 4.59. The zero-order valence-corrected chi connectivity index (χ0v) is 21.6. The number of carbonyl (C=O) groups is 3. The fraction of sp³-hybridized carbons (Fsp3) is 0.346. The molecular weight excluding hydrogens is 498 g/mol. The maximum Gasteiger partial charge on any atom is 0.323 e. The first-order chi connectivity index (χ1) is 17.4. The maximum absolute atomic E-state index is 13.5. The van der Waals surface area contributed by atoms with Gasteiger partial charge in [-0.25, -0.2) is 4.98 Å². The van der Waals surface area contributed by atoms with E-state index in [0.717, 1.165) is 5.56 Å². The predicted octanol–water partition coefficient (Wildman–Crippen LogP) is 2.37. The molecule has 0 saturated carbocycles. The van der Waals surface area contributed by atoms with Crippen LogP contribution in [-0.4, -0.2) is 64.0 Å². The number of hydrogen-bond acceptors (Lipinski definition) is 6. The molecule has 0 unspecified atom stereocenters. The van der Waals surface area contributed by atoms with Crippen LogP contribution in [0.1, 0.15) is 29.8 Å². The molecule has 0 radical (unpaired) electrons. The number of nitrogens with zero attached hydrogens (tertiary/aromatic N) is 4. The van der Waals surface area contributed by atoms with Gasteiger partial charge >= 0.3 is 5.97 Å². The third kappa shape index (κ3) is 5.75. The first-order valence-electron chi connectivity index (χ1n) is 11.7. The molecule has 1 aromatic carbocycles. The molecule has 0 atom stereocenters. The minimum Gasteiger partial charge on any atom is -0.480 e. The zero-order valence-electron chi connectivity index (χ0n) is 20.8. The van der Waals surface area contributed by atoms with Crippen molar-refractivity contribution in [1.82, 2.24) is 19.8 Å². The summed E-state index contributed by atoms with van der Waals surface area (Å²) in [5.41, 5.74) is 0.637. The van der Waals surface area contributed by atoms with Crippen molar-refractivity contribution in [1.29, 1.82) is 0 Å². The van der Waals surface area contributed by atoms with Crippen molar-refractivity contribution in [3.05, 3.63) is 69.1 Å². The molecule has 10 nitrogen and oxygen atoms in total. The van der Waals surface area contributed by atoms with Crippen LogP contribution in [0.25, 0.3) is 11.0 Å². The largest absolute Gasteiger partial charge is 0.480 e. The molecule has 1 fully saturated rings. The Morgan fingerprint density at radius 3 is 2.46 bits per heavy atom. The summed E-state index contributed by atoms with van der Waals surface area (Å²) in [7, 11) is 1.59. The highest BCUT2D eigenvalue weighted by Gasteiger charge is 2.37. The highest BCUT2D eigenvalue weighted by Crippen LogP contribution is 2.29. The third-order valence-electron chi connectivity index (χ3n) is 6.24. The van der Waals surface area contributed by atoms with Crippen molar-refractivity contribution in [3.8, 4) is 0 Å². The molecule has 2 N–H and O–H groups in total. The Hall–Kier alpha value is -3.92. The quantitative estimate of drug-likeness (QED) is 0.462. The number of likely N-dealkylation sites (N-methyl/N-ethyl adjacent to an activating group) is 1. The zero-order chi connectivity index (χ0) is 26.9. The first-order valence-corrected chi connectivity index (χ1v) is 12.1. The van der Waals surface area contributed by atoms with E-state index < -0.39 is 17.4 Å². The SMILES string of the molecule is CN(CC(=O)O)c1ccnc2c1cc(C(=O)NCc1ccc(Cl)cc1)c(=O)n2CC(=O)N1CC(C)(C)C1. The average Bonchev–Trinajstić information content (AvgIpc) is 2.82. The second-order valence-corrected chi connectivity index (χ2v) is 10.4. The molecule has 0 aliphatic carbocycles. The second-order valence-electron chi connectivity index (χ2n) is 9.99. The molecular formula is C26H28ClN5O5. The van der Waals surface area contributed by atoms with Crippen LogP contribution in [0.3, 0.4) is 0 Å². The van der Waals surface area contributed by atoms with Crippen LogP contribution in [0, 0.1) is 5.41 Å². The van der Waals surface area contributed by atoms with E-state index in [4.69, 9.17) is 11.6 Å². The monoisotopic (exact) mass is 525 g/mol. The normalized spacial score (nSPS) is 14.2. The summed E-state index contributed by atoms with van der Waals surface area (Å²) in [5.74, 6) is -1.92. The number of benzene rings is 1. The molecule has 194 valence electrons. The van der Waals surface area contributed by atoms with Crippen LogP contribution in [0.15, 0.2) is 47.4 Å². The Kier molecular flexibility index (Phi) is 7.22. The van der Waals surface area contributed by atoms with Gasteiger partial charge in [-0.05, 0) is 35.2 Å². The van der Waals surface area contributed by atoms with Gasteiger partial charge in [0.1, 0.15) is 24.3 Å². The number of aromatic nitrogens is 2. The van der Waals surface area contributed by atoms with Gasteiger partial charge in [-0.15, -0.1) is 0 Å². The number of amides is 2. The van der Waals surface area contributed by atoms with Crippen molar-refractivity contribution in [2.24, 2.45) is 5.41 Å². The molecule has 1 saturated heterocycles. The van der Waals surface area contributed by atoms with Gasteiger partial charge in [0, 0.05) is 49.0 Å². The van der Waals surface area contributed by atoms with E-state index in [1.54, 1.807) is 42.3 Å². The minimum atomic E-state index is -1.04. The van der Waals surface area contributed by atoms with Gasteiger partial charge in [0.05, 0.1) is 0 Å². The number of likely N-dealkylation sites (tertiary alicyclic amines) is 1. The van der Waals surface area contributed by atoms with E-state index in [-0.39, 0.29) is 42.2 Å². The molecule has 37 heavy (non-hydrogen) atoms. The van der Waals surface area contributed by atoms with Crippen LogP contribution in [0.5, 0.6) is 0 Å². The molecule has 0 bridgehead atoms. The van der Waals surface area contributed by atoms with E-state index in [9.17, 15) is 24.3 Å². The number of nitrogens with one attached hydrogen (secondary N) is 1. The predicted molar refractivity (Wildman–Crippen MR) is 140 cm³/mol. The van der Waals surface area contributed by atoms with Crippen LogP contribution in [0.4, 0.5) is 5.69 Å². The number of carboxylic acids is 1. The molecule has 4 rings (SSSR count). The van der Waals surface area contributed by atoms with E-state index in [0.29, 0.717) is 29.2 Å². The van der Waals surface area contributed by atoms with Gasteiger partial charge in [0.2, 0.25) is 5.91 Å². The van der Waals surface area contributed by atoms with E-state index in [1.165, 1.54) is 21.7 Å². The Morgan fingerprint density at radius 1 is 1.16 bits per heavy atom. The van der Waals surface area contributed by atoms with Crippen molar-refractivity contribution in [3.63, 3.8) is 0 Å². The summed E-state index contributed by atoms with van der Waals surface area (Å²) in [6.07, 6.45) is 1.45. The summed E-state index contributed by atoms with van der Waals surface area (Å²) in [5, 5.41) is 13.0. The molecule has 1 aliphatic heterocycles. The third-order valence-corrected chi connectivity index (χ3v) is 6.50. The average molecular weight is 526 g/mol. The lowest BCUT2D eigenvalue weighted by Gasteiger charge is -2.45. The summed E-state index contributed by atoms with van der Waals surface area (Å²) in [6.45, 7) is 4.81. The summed E-state index contributed by atoms with van der Waals surface area (Å²) < 4.78 is 1.19. The van der Waals surface area contributed by atoms with E-state index in [1.807, 2.05) is 0 Å². The molecule has 0 spiro atoms. The molecule has 1 aliphatic rings. The number of fused-ring (bicyclic) bond motifs is 1. The molecule has 2 aromatic heterocycles. The standard InChI is InChI=1S/C26H28ClN5O5/c1-26(2)14-31(15-26)21(33)12-32-23-18(20(8-9-28-23)30(3)13-22(34)35)10-19(25(32)37)24(36)29-11-16-4-6-17(27)7-5-16/h4-10H,11-15H2,1-3H3,(H,29,36)(H,34,35). The number of rotatable bonds is 8. The Labute approximate surface area is 218 Å². The van der Waals surface area contributed by atoms with Gasteiger partial charge < -0.3 is 20.2 Å². The van der Waals surface area contributed by atoms with E-state index >= 15 is 0 Å². The fourth-order valence-electron chi connectivity index (χ4n) is 4.46. The number of carbonyl (C=O) groups excluding carboxylic acids is 2. The van der Waals surface area contributed by atoms with Crippen LogP contribution < -0.4 is 15.8 Å². The van der Waals surface area contributed by atoms with Gasteiger partial charge in [0.15, 0.2) is 0 Å². The number of halogens is 1. The second kappa shape index (κ2) is 10.2. The number of anilines is 1. The molecule has 2 amide bonds. The van der Waals surface area contributed by atoms with Crippen molar-refractivity contribution in [2.45, 2.75) is 26.9 Å². The van der Waals surface area contributed by atoms with Gasteiger partial charge in [0.25, 0.3) is 11.5 Å². The van der Waals surface area contributed by atoms with Crippen LogP contribution in [0.2, 0.25) is 5.02 Å². The van der Waals surface area contributed by atoms with Gasteiger partial charge in [-0.3, -0.25) is 23.7 Å². The Balaban J connectivity index is 1.74. The Bertz CT molecular complexity index is 1430. The maximum atomic E-state index is 13.5. The first kappa shape index (κ1) is 26.2. The topological polar surface area (TPSA) is 125 Å². The number of hydrogen-bond donors (Lipinski definition) is 2. The lowest BCUT2D eigenvalue weighted by atomic mass is 9.84.